The van der Waals surface area contributed by atoms with Crippen LogP contribution in [0.25, 0.3) is 0 Å². The van der Waals surface area contributed by atoms with Crippen molar-refractivity contribution in [3.8, 4) is 5.75 Å². The molecule has 0 saturated carbocycles. The summed E-state index contributed by atoms with van der Waals surface area (Å²) in [5.41, 5.74) is 0.711. The molecule has 9 nitrogen and oxygen atoms in total. The maximum atomic E-state index is 12.6. The van der Waals surface area contributed by atoms with Crippen LogP contribution in [0.4, 0.5) is 5.69 Å². The second kappa shape index (κ2) is 11.1. The molecule has 4 rings (SSSR count). The van der Waals surface area contributed by atoms with E-state index in [-0.39, 0.29) is 28.8 Å². The molecule has 0 aliphatic carbocycles. The van der Waals surface area contributed by atoms with Gasteiger partial charge in [-0.1, -0.05) is 18.2 Å². The minimum atomic E-state index is -3.71. The number of ether oxygens (including phenoxy) is 1. The zero-order valence-corrected chi connectivity index (χ0v) is 21.1. The third kappa shape index (κ3) is 6.23. The number of carbonyl (C=O) groups excluding carboxylic acids is 1. The maximum absolute atomic E-state index is 12.6. The normalized spacial score (nSPS) is 14.3. The molecule has 2 N–H and O–H groups in total. The summed E-state index contributed by atoms with van der Waals surface area (Å²) in [6, 6.07) is 20.3. The number of hydrogen-bond donors (Lipinski definition) is 2. The fraction of sp³-hybridized carbons (Fsp3) is 0.240. The van der Waals surface area contributed by atoms with E-state index in [4.69, 9.17) is 4.74 Å². The lowest BCUT2D eigenvalue weighted by molar-refractivity contribution is 0.0947. The summed E-state index contributed by atoms with van der Waals surface area (Å²) in [5.74, 6) is 0.169. The summed E-state index contributed by atoms with van der Waals surface area (Å²) in [6.45, 7) is 1.52. The minimum absolute atomic E-state index is 0.148. The van der Waals surface area contributed by atoms with Gasteiger partial charge in [-0.2, -0.15) is 4.31 Å². The summed E-state index contributed by atoms with van der Waals surface area (Å²) in [5, 5.41) is 2.73. The Hall–Kier alpha value is -3.41. The predicted molar refractivity (Wildman–Crippen MR) is 136 cm³/mol. The summed E-state index contributed by atoms with van der Waals surface area (Å²) >= 11 is 0. The van der Waals surface area contributed by atoms with Crippen LogP contribution >= 0.6 is 0 Å². The molecular formula is C25H27N3O6S2. The quantitative estimate of drug-likeness (QED) is 0.389. The van der Waals surface area contributed by atoms with Crippen LogP contribution in [0.5, 0.6) is 5.75 Å². The summed E-state index contributed by atoms with van der Waals surface area (Å²) in [6.07, 6.45) is 1.76. The van der Waals surface area contributed by atoms with Crippen molar-refractivity contribution >= 4 is 31.6 Å². The highest BCUT2D eigenvalue weighted by molar-refractivity contribution is 7.92. The molecule has 11 heteroatoms. The number of rotatable bonds is 10. The second-order valence-corrected chi connectivity index (χ2v) is 11.8. The monoisotopic (exact) mass is 529 g/mol. The Balaban J connectivity index is 1.24. The topological polar surface area (TPSA) is 122 Å². The molecular weight excluding hydrogens is 502 g/mol. The number of benzene rings is 3. The van der Waals surface area contributed by atoms with E-state index >= 15 is 0 Å². The van der Waals surface area contributed by atoms with Crippen LogP contribution in [0.1, 0.15) is 23.2 Å². The molecule has 1 fully saturated rings. The van der Waals surface area contributed by atoms with E-state index in [0.717, 1.165) is 12.8 Å². The van der Waals surface area contributed by atoms with Gasteiger partial charge in [0.05, 0.1) is 16.3 Å². The number of anilines is 1. The standard InChI is InChI=1S/C25H27N3O6S2/c29-25(20-8-10-21(11-9-20)27-35(30,31)23-6-2-1-3-7-23)26-16-19-34-22-12-14-24(15-13-22)36(32,33)28-17-4-5-18-28/h1-3,6-15,27H,4-5,16-19H2,(H,26,29). The summed E-state index contributed by atoms with van der Waals surface area (Å²) in [7, 11) is -7.18. The van der Waals surface area contributed by atoms with Gasteiger partial charge in [0.25, 0.3) is 15.9 Å². The van der Waals surface area contributed by atoms with E-state index in [1.165, 1.54) is 52.8 Å². The minimum Gasteiger partial charge on any atom is -0.492 e. The van der Waals surface area contributed by atoms with Crippen LogP contribution in [0.2, 0.25) is 0 Å². The van der Waals surface area contributed by atoms with Crippen LogP contribution in [-0.4, -0.2) is 53.3 Å². The van der Waals surface area contributed by atoms with Crippen LogP contribution in [0.3, 0.4) is 0 Å². The third-order valence-corrected chi connectivity index (χ3v) is 8.95. The molecule has 0 radical (unpaired) electrons. The van der Waals surface area contributed by atoms with Gasteiger partial charge in [-0.05, 0) is 73.5 Å². The highest BCUT2D eigenvalue weighted by Gasteiger charge is 2.26. The summed E-state index contributed by atoms with van der Waals surface area (Å²) < 4.78 is 59.5. The average Bonchev–Trinajstić information content (AvgIpc) is 3.44. The van der Waals surface area contributed by atoms with Gasteiger partial charge < -0.3 is 10.1 Å². The number of nitrogens with one attached hydrogen (secondary N) is 2. The lowest BCUT2D eigenvalue weighted by Gasteiger charge is -2.15. The molecule has 1 aliphatic heterocycles. The molecule has 3 aromatic carbocycles. The van der Waals surface area contributed by atoms with Gasteiger partial charge in [0.2, 0.25) is 10.0 Å². The van der Waals surface area contributed by atoms with Gasteiger partial charge in [0.1, 0.15) is 12.4 Å². The third-order valence-electron chi connectivity index (χ3n) is 5.64. The highest BCUT2D eigenvalue weighted by Crippen LogP contribution is 2.23. The van der Waals surface area contributed by atoms with Crippen molar-refractivity contribution in [2.45, 2.75) is 22.6 Å². The Morgan fingerprint density at radius 3 is 2.08 bits per heavy atom. The number of carbonyl (C=O) groups is 1. The van der Waals surface area contributed by atoms with Crippen LogP contribution in [0.15, 0.2) is 88.7 Å². The molecule has 1 amide bonds. The lowest BCUT2D eigenvalue weighted by Crippen LogP contribution is -2.28. The zero-order chi connectivity index (χ0) is 25.6. The zero-order valence-electron chi connectivity index (χ0n) is 19.5. The average molecular weight is 530 g/mol. The molecule has 190 valence electrons. The Labute approximate surface area is 211 Å². The Morgan fingerprint density at radius 2 is 1.44 bits per heavy atom. The smallest absolute Gasteiger partial charge is 0.261 e. The number of nitrogens with zero attached hydrogens (tertiary/aromatic N) is 1. The van der Waals surface area contributed by atoms with Crippen molar-refractivity contribution in [1.29, 1.82) is 0 Å². The maximum Gasteiger partial charge on any atom is 0.261 e. The van der Waals surface area contributed by atoms with E-state index in [0.29, 0.717) is 30.1 Å². The van der Waals surface area contributed by atoms with E-state index in [1.807, 2.05) is 0 Å². The first-order valence-corrected chi connectivity index (χ1v) is 14.4. The molecule has 0 spiro atoms. The molecule has 0 atom stereocenters. The van der Waals surface area contributed by atoms with E-state index in [2.05, 4.69) is 10.0 Å². The molecule has 1 heterocycles. The fourth-order valence-corrected chi connectivity index (χ4v) is 6.32. The van der Waals surface area contributed by atoms with E-state index in [1.54, 1.807) is 30.3 Å². The van der Waals surface area contributed by atoms with Gasteiger partial charge in [-0.15, -0.1) is 0 Å². The molecule has 1 aliphatic rings. The van der Waals surface area contributed by atoms with Gasteiger partial charge in [0, 0.05) is 24.3 Å². The van der Waals surface area contributed by atoms with Crippen molar-refractivity contribution < 1.29 is 26.4 Å². The highest BCUT2D eigenvalue weighted by atomic mass is 32.2. The van der Waals surface area contributed by atoms with Crippen molar-refractivity contribution in [2.75, 3.05) is 31.0 Å². The van der Waals surface area contributed by atoms with E-state index < -0.39 is 20.0 Å². The number of sulfonamides is 2. The second-order valence-electron chi connectivity index (χ2n) is 8.18. The fourth-order valence-electron chi connectivity index (χ4n) is 3.72. The molecule has 0 unspecified atom stereocenters. The number of hydrogen-bond acceptors (Lipinski definition) is 6. The van der Waals surface area contributed by atoms with E-state index in [9.17, 15) is 21.6 Å². The number of amides is 1. The van der Waals surface area contributed by atoms with Gasteiger partial charge in [-0.25, -0.2) is 16.8 Å². The molecule has 3 aromatic rings. The van der Waals surface area contributed by atoms with Gasteiger partial charge in [-0.3, -0.25) is 9.52 Å². The van der Waals surface area contributed by atoms with Crippen LogP contribution in [-0.2, 0) is 20.0 Å². The largest absolute Gasteiger partial charge is 0.492 e. The first-order chi connectivity index (χ1) is 17.3. The molecule has 1 saturated heterocycles. The first kappa shape index (κ1) is 25.7. The SMILES string of the molecule is O=C(NCCOc1ccc(S(=O)(=O)N2CCCC2)cc1)c1ccc(NS(=O)(=O)c2ccccc2)cc1. The van der Waals surface area contributed by atoms with Gasteiger partial charge in [0.15, 0.2) is 0 Å². The van der Waals surface area contributed by atoms with Gasteiger partial charge >= 0.3 is 0 Å². The van der Waals surface area contributed by atoms with Crippen LogP contribution < -0.4 is 14.8 Å². The molecule has 0 aromatic heterocycles. The Bertz CT molecular complexity index is 1390. The Morgan fingerprint density at radius 1 is 0.806 bits per heavy atom. The summed E-state index contributed by atoms with van der Waals surface area (Å²) in [4.78, 5) is 12.8. The van der Waals surface area contributed by atoms with Crippen molar-refractivity contribution in [3.05, 3.63) is 84.4 Å². The van der Waals surface area contributed by atoms with Crippen LogP contribution in [0, 0.1) is 0 Å². The first-order valence-electron chi connectivity index (χ1n) is 11.4. The Kier molecular flexibility index (Phi) is 7.92. The van der Waals surface area contributed by atoms with Crippen molar-refractivity contribution in [2.24, 2.45) is 0 Å². The predicted octanol–water partition coefficient (Wildman–Crippen LogP) is 3.08. The lowest BCUT2D eigenvalue weighted by atomic mass is 10.2. The van der Waals surface area contributed by atoms with Crippen molar-refractivity contribution in [3.63, 3.8) is 0 Å². The molecule has 36 heavy (non-hydrogen) atoms. The van der Waals surface area contributed by atoms with Crippen molar-refractivity contribution in [1.82, 2.24) is 9.62 Å². The molecule has 0 bridgehead atoms.